The topological polar surface area (TPSA) is 70.5 Å². The number of aryl methyl sites for hydroxylation is 1. The summed E-state index contributed by atoms with van der Waals surface area (Å²) in [4.78, 5) is 4.33. The minimum absolute atomic E-state index is 0.227. The quantitative estimate of drug-likeness (QED) is 0.832. The van der Waals surface area contributed by atoms with Crippen LogP contribution in [-0.2, 0) is 17.3 Å². The third-order valence-electron chi connectivity index (χ3n) is 4.04. The second-order valence-electron chi connectivity index (χ2n) is 5.34. The summed E-state index contributed by atoms with van der Waals surface area (Å²) in [5.74, 6) is 0.792. The Morgan fingerprint density at radius 3 is 2.70 bits per heavy atom. The molecule has 0 radical (unpaired) electrons. The number of hydrogen-bond donors (Lipinski definition) is 1. The fourth-order valence-electron chi connectivity index (χ4n) is 2.95. The summed E-state index contributed by atoms with van der Waals surface area (Å²) < 4.78 is 30.7. The van der Waals surface area contributed by atoms with Gasteiger partial charge in [0.2, 0.25) is 0 Å². The molecule has 2 saturated heterocycles. The molecule has 0 saturated carbocycles. The lowest BCUT2D eigenvalue weighted by Gasteiger charge is -2.36. The van der Waals surface area contributed by atoms with Crippen LogP contribution in [0.25, 0.3) is 0 Å². The molecule has 1 aromatic rings. The van der Waals surface area contributed by atoms with Crippen LogP contribution in [0.5, 0.6) is 0 Å². The minimum atomic E-state index is -3.38. The van der Waals surface area contributed by atoms with E-state index in [0.717, 1.165) is 18.7 Å². The molecule has 1 N–H and O–H groups in total. The fraction of sp³-hybridized carbons (Fsp3) is 0.750. The lowest BCUT2D eigenvalue weighted by molar-refractivity contribution is 0.241. The SMILES string of the molecule is Cn1ccnc1C1CNCCN1S(=O)(=O)N1CCCC1. The second kappa shape index (κ2) is 5.44. The number of aromatic nitrogens is 2. The van der Waals surface area contributed by atoms with Gasteiger partial charge < -0.3 is 9.88 Å². The Morgan fingerprint density at radius 1 is 1.30 bits per heavy atom. The van der Waals surface area contributed by atoms with Crippen LogP contribution in [0.2, 0.25) is 0 Å². The van der Waals surface area contributed by atoms with Gasteiger partial charge in [0.15, 0.2) is 0 Å². The first-order valence-electron chi connectivity index (χ1n) is 7.05. The first-order chi connectivity index (χ1) is 9.60. The van der Waals surface area contributed by atoms with Gasteiger partial charge in [0.25, 0.3) is 10.2 Å². The number of rotatable bonds is 3. The largest absolute Gasteiger partial charge is 0.337 e. The summed E-state index contributed by atoms with van der Waals surface area (Å²) in [6.07, 6.45) is 5.48. The molecule has 112 valence electrons. The third kappa shape index (κ3) is 2.37. The average Bonchev–Trinajstić information content (AvgIpc) is 3.10. The monoisotopic (exact) mass is 299 g/mol. The Labute approximate surface area is 119 Å². The van der Waals surface area contributed by atoms with E-state index in [2.05, 4.69) is 10.3 Å². The van der Waals surface area contributed by atoms with Crippen molar-refractivity contribution in [3.8, 4) is 0 Å². The van der Waals surface area contributed by atoms with Crippen molar-refractivity contribution in [3.05, 3.63) is 18.2 Å². The minimum Gasteiger partial charge on any atom is -0.337 e. The molecule has 7 nitrogen and oxygen atoms in total. The van der Waals surface area contributed by atoms with Gasteiger partial charge in [0.05, 0.1) is 6.04 Å². The van der Waals surface area contributed by atoms with Crippen LogP contribution in [-0.4, -0.2) is 59.3 Å². The van der Waals surface area contributed by atoms with Gasteiger partial charge >= 0.3 is 0 Å². The second-order valence-corrected chi connectivity index (χ2v) is 7.22. The van der Waals surface area contributed by atoms with Gasteiger partial charge in [-0.2, -0.15) is 17.0 Å². The third-order valence-corrected chi connectivity index (χ3v) is 6.09. The van der Waals surface area contributed by atoms with Crippen LogP contribution in [0, 0.1) is 0 Å². The van der Waals surface area contributed by atoms with Gasteiger partial charge in [0.1, 0.15) is 5.82 Å². The molecule has 20 heavy (non-hydrogen) atoms. The maximum Gasteiger partial charge on any atom is 0.282 e. The maximum absolute atomic E-state index is 12.8. The highest BCUT2D eigenvalue weighted by molar-refractivity contribution is 7.86. The zero-order chi connectivity index (χ0) is 14.2. The zero-order valence-electron chi connectivity index (χ0n) is 11.7. The van der Waals surface area contributed by atoms with E-state index < -0.39 is 10.2 Å². The molecule has 3 rings (SSSR count). The highest BCUT2D eigenvalue weighted by Gasteiger charge is 2.39. The van der Waals surface area contributed by atoms with Crippen LogP contribution in [0.1, 0.15) is 24.7 Å². The van der Waals surface area contributed by atoms with E-state index in [9.17, 15) is 8.42 Å². The molecular formula is C12H21N5O2S. The Balaban J connectivity index is 1.91. The Morgan fingerprint density at radius 2 is 2.05 bits per heavy atom. The van der Waals surface area contributed by atoms with E-state index in [0.29, 0.717) is 32.7 Å². The standard InChI is InChI=1S/C12H21N5O2S/c1-15-8-5-14-12(15)11-10-13-4-9-17(11)20(18,19)16-6-2-3-7-16/h5,8,11,13H,2-4,6-7,9-10H2,1H3. The highest BCUT2D eigenvalue weighted by Crippen LogP contribution is 2.27. The van der Waals surface area contributed by atoms with Crippen molar-refractivity contribution in [2.75, 3.05) is 32.7 Å². The molecule has 0 amide bonds. The molecule has 2 aliphatic heterocycles. The van der Waals surface area contributed by atoms with Crippen molar-refractivity contribution in [1.29, 1.82) is 0 Å². The van der Waals surface area contributed by atoms with Crippen molar-refractivity contribution in [2.24, 2.45) is 7.05 Å². The van der Waals surface area contributed by atoms with Gasteiger partial charge in [-0.3, -0.25) is 0 Å². The van der Waals surface area contributed by atoms with E-state index in [1.165, 1.54) is 0 Å². The van der Waals surface area contributed by atoms with E-state index in [1.807, 2.05) is 17.8 Å². The number of nitrogens with zero attached hydrogens (tertiary/aromatic N) is 4. The van der Waals surface area contributed by atoms with Crippen LogP contribution >= 0.6 is 0 Å². The molecule has 3 heterocycles. The van der Waals surface area contributed by atoms with Gasteiger partial charge in [-0.05, 0) is 12.8 Å². The smallest absolute Gasteiger partial charge is 0.282 e. The Hall–Kier alpha value is -0.960. The molecule has 0 aliphatic carbocycles. The molecule has 1 unspecified atom stereocenters. The molecule has 0 bridgehead atoms. The number of piperazine rings is 1. The van der Waals surface area contributed by atoms with Crippen LogP contribution < -0.4 is 5.32 Å². The molecule has 8 heteroatoms. The maximum atomic E-state index is 12.8. The fourth-order valence-corrected chi connectivity index (χ4v) is 4.78. The van der Waals surface area contributed by atoms with Gasteiger partial charge in [-0.1, -0.05) is 0 Å². The zero-order valence-corrected chi connectivity index (χ0v) is 12.5. The van der Waals surface area contributed by atoms with Gasteiger partial charge in [0, 0.05) is 52.2 Å². The number of nitrogens with one attached hydrogen (secondary N) is 1. The molecule has 1 atom stereocenters. The van der Waals surface area contributed by atoms with E-state index in [4.69, 9.17) is 0 Å². The molecule has 2 fully saturated rings. The van der Waals surface area contributed by atoms with Crippen molar-refractivity contribution < 1.29 is 8.42 Å². The van der Waals surface area contributed by atoms with E-state index in [1.54, 1.807) is 14.8 Å². The van der Waals surface area contributed by atoms with Gasteiger partial charge in [-0.15, -0.1) is 0 Å². The Kier molecular flexibility index (Phi) is 3.80. The van der Waals surface area contributed by atoms with E-state index in [-0.39, 0.29) is 6.04 Å². The predicted molar refractivity (Wildman–Crippen MR) is 75.3 cm³/mol. The summed E-state index contributed by atoms with van der Waals surface area (Å²) >= 11 is 0. The normalized spacial score (nSPS) is 26.1. The van der Waals surface area contributed by atoms with E-state index >= 15 is 0 Å². The van der Waals surface area contributed by atoms with Crippen molar-refractivity contribution in [2.45, 2.75) is 18.9 Å². The lowest BCUT2D eigenvalue weighted by Crippen LogP contribution is -2.53. The summed E-state index contributed by atoms with van der Waals surface area (Å²) in [5, 5.41) is 3.27. The highest BCUT2D eigenvalue weighted by atomic mass is 32.2. The predicted octanol–water partition coefficient (Wildman–Crippen LogP) is -0.293. The summed E-state index contributed by atoms with van der Waals surface area (Å²) in [5.41, 5.74) is 0. The lowest BCUT2D eigenvalue weighted by atomic mass is 10.2. The first-order valence-corrected chi connectivity index (χ1v) is 8.45. The van der Waals surface area contributed by atoms with Crippen molar-refractivity contribution in [1.82, 2.24) is 23.5 Å². The molecular weight excluding hydrogens is 278 g/mol. The van der Waals surface area contributed by atoms with Gasteiger partial charge in [-0.25, -0.2) is 4.98 Å². The number of imidazole rings is 1. The number of hydrogen-bond acceptors (Lipinski definition) is 4. The Bertz CT molecular complexity index is 564. The molecule has 2 aliphatic rings. The molecule has 0 aromatic carbocycles. The summed E-state index contributed by atoms with van der Waals surface area (Å²) in [6.45, 7) is 3.07. The van der Waals surface area contributed by atoms with Crippen molar-refractivity contribution in [3.63, 3.8) is 0 Å². The van der Waals surface area contributed by atoms with Crippen LogP contribution in [0.4, 0.5) is 0 Å². The molecule has 0 spiro atoms. The van der Waals surface area contributed by atoms with Crippen LogP contribution in [0.3, 0.4) is 0 Å². The summed E-state index contributed by atoms with van der Waals surface area (Å²) in [6, 6.07) is -0.227. The van der Waals surface area contributed by atoms with Crippen molar-refractivity contribution >= 4 is 10.2 Å². The first kappa shape index (κ1) is 14.0. The average molecular weight is 299 g/mol. The summed E-state index contributed by atoms with van der Waals surface area (Å²) in [7, 11) is -1.48. The van der Waals surface area contributed by atoms with Crippen LogP contribution in [0.15, 0.2) is 12.4 Å². The molecule has 1 aromatic heterocycles.